The Morgan fingerprint density at radius 1 is 1.47 bits per heavy atom. The van der Waals surface area contributed by atoms with E-state index in [9.17, 15) is 4.79 Å². The van der Waals surface area contributed by atoms with Crippen LogP contribution in [0, 0.1) is 5.41 Å². The van der Waals surface area contributed by atoms with E-state index in [4.69, 9.17) is 16.6 Å². The van der Waals surface area contributed by atoms with Crippen molar-refractivity contribution in [1.29, 1.82) is 0 Å². The lowest BCUT2D eigenvalue weighted by atomic mass is 9.94. The Kier molecular flexibility index (Phi) is 3.96. The van der Waals surface area contributed by atoms with Crippen LogP contribution in [0.3, 0.4) is 0 Å². The van der Waals surface area contributed by atoms with Crippen LogP contribution in [0.15, 0.2) is 18.2 Å². The molecule has 5 nitrogen and oxygen atoms in total. The molecule has 0 aromatic heterocycles. The molecule has 6 N–H and O–H groups in total. The van der Waals surface area contributed by atoms with E-state index in [1.54, 1.807) is 18.2 Å². The minimum atomic E-state index is -0.505. The van der Waals surface area contributed by atoms with Gasteiger partial charge in [0.25, 0.3) is 5.91 Å². The second-order valence-electron chi connectivity index (χ2n) is 4.85. The number of carbonyl (C=O) groups is 1. The molecule has 0 heterocycles. The average Bonchev–Trinajstić information content (AvgIpc) is 2.26. The summed E-state index contributed by atoms with van der Waals surface area (Å²) in [6.45, 7) is 4.40. The first-order valence-corrected chi connectivity index (χ1v) is 5.40. The largest absolute Gasteiger partial charge is 0.399 e. The number of nitrogens with one attached hydrogen (secondary N) is 1. The lowest BCUT2D eigenvalue weighted by Gasteiger charge is -2.23. The fourth-order valence-corrected chi connectivity index (χ4v) is 1.31. The third kappa shape index (κ3) is 3.64. The van der Waals surface area contributed by atoms with Gasteiger partial charge in [-0.15, -0.1) is 0 Å². The van der Waals surface area contributed by atoms with Crippen LogP contribution >= 0.6 is 0 Å². The molecule has 1 rings (SSSR count). The van der Waals surface area contributed by atoms with Gasteiger partial charge in [0.1, 0.15) is 0 Å². The molecule has 0 spiro atoms. The summed E-state index contributed by atoms with van der Waals surface area (Å²) in [4.78, 5) is 11.2. The molecule has 0 unspecified atom stereocenters. The second-order valence-corrected chi connectivity index (χ2v) is 4.85. The van der Waals surface area contributed by atoms with Crippen molar-refractivity contribution in [3.05, 3.63) is 23.8 Å². The predicted molar refractivity (Wildman–Crippen MR) is 68.7 cm³/mol. The number of primary amides is 1. The van der Waals surface area contributed by atoms with Crippen LogP contribution in [0.4, 0.5) is 11.4 Å². The molecule has 0 atom stereocenters. The van der Waals surface area contributed by atoms with Crippen molar-refractivity contribution < 1.29 is 9.90 Å². The molecule has 1 amide bonds. The van der Waals surface area contributed by atoms with E-state index in [1.807, 2.05) is 13.8 Å². The zero-order valence-electron chi connectivity index (χ0n) is 10.2. The average molecular weight is 237 g/mol. The van der Waals surface area contributed by atoms with Crippen LogP contribution < -0.4 is 16.8 Å². The maximum atomic E-state index is 11.2. The number of hydrogen-bond acceptors (Lipinski definition) is 4. The number of amides is 1. The van der Waals surface area contributed by atoms with Gasteiger partial charge < -0.3 is 21.9 Å². The van der Waals surface area contributed by atoms with E-state index in [0.29, 0.717) is 23.5 Å². The monoisotopic (exact) mass is 237 g/mol. The molecule has 17 heavy (non-hydrogen) atoms. The normalized spacial score (nSPS) is 11.2. The van der Waals surface area contributed by atoms with Gasteiger partial charge in [0.05, 0.1) is 5.56 Å². The Bertz CT molecular complexity index is 416. The van der Waals surface area contributed by atoms with E-state index in [0.717, 1.165) is 0 Å². The van der Waals surface area contributed by atoms with Gasteiger partial charge in [-0.25, -0.2) is 0 Å². The SMILES string of the molecule is CC(C)(CO)CNc1cc(N)ccc1C(N)=O. The van der Waals surface area contributed by atoms with Crippen molar-refractivity contribution in [2.45, 2.75) is 13.8 Å². The molecule has 0 bridgehead atoms. The summed E-state index contributed by atoms with van der Waals surface area (Å²) in [5.41, 5.74) is 12.2. The highest BCUT2D eigenvalue weighted by atomic mass is 16.3. The summed E-state index contributed by atoms with van der Waals surface area (Å²) >= 11 is 0. The third-order valence-electron chi connectivity index (χ3n) is 2.49. The highest BCUT2D eigenvalue weighted by Gasteiger charge is 2.17. The van der Waals surface area contributed by atoms with Gasteiger partial charge >= 0.3 is 0 Å². The molecule has 94 valence electrons. The molecule has 0 aliphatic rings. The van der Waals surface area contributed by atoms with Gasteiger partial charge in [0.15, 0.2) is 0 Å². The number of carbonyl (C=O) groups excluding carboxylic acids is 1. The van der Waals surface area contributed by atoms with Crippen LogP contribution in [-0.4, -0.2) is 24.2 Å². The minimum Gasteiger partial charge on any atom is -0.399 e. The molecule has 5 heteroatoms. The molecule has 0 saturated heterocycles. The van der Waals surface area contributed by atoms with Crippen molar-refractivity contribution in [1.82, 2.24) is 0 Å². The summed E-state index contributed by atoms with van der Waals surface area (Å²) in [6, 6.07) is 4.88. The van der Waals surface area contributed by atoms with E-state index in [-0.39, 0.29) is 12.0 Å². The quantitative estimate of drug-likeness (QED) is 0.569. The van der Waals surface area contributed by atoms with Crippen molar-refractivity contribution in [3.63, 3.8) is 0 Å². The molecular weight excluding hydrogens is 218 g/mol. The Hall–Kier alpha value is -1.75. The topological polar surface area (TPSA) is 101 Å². The Balaban J connectivity index is 2.89. The van der Waals surface area contributed by atoms with E-state index >= 15 is 0 Å². The first-order valence-electron chi connectivity index (χ1n) is 5.40. The summed E-state index contributed by atoms with van der Waals surface area (Å²) < 4.78 is 0. The van der Waals surface area contributed by atoms with Crippen molar-refractivity contribution in [2.24, 2.45) is 11.1 Å². The summed E-state index contributed by atoms with van der Waals surface area (Å²) in [7, 11) is 0. The fourth-order valence-electron chi connectivity index (χ4n) is 1.31. The minimum absolute atomic E-state index is 0.0498. The summed E-state index contributed by atoms with van der Waals surface area (Å²) in [5.74, 6) is -0.505. The maximum Gasteiger partial charge on any atom is 0.250 e. The standard InChI is InChI=1S/C12H19N3O2/c1-12(2,7-16)6-15-10-5-8(13)3-4-9(10)11(14)17/h3-5,15-16H,6-7,13H2,1-2H3,(H2,14,17). The summed E-state index contributed by atoms with van der Waals surface area (Å²) in [5, 5.41) is 12.2. The van der Waals surface area contributed by atoms with Gasteiger partial charge in [-0.05, 0) is 18.2 Å². The summed E-state index contributed by atoms with van der Waals surface area (Å²) in [6.07, 6.45) is 0. The van der Waals surface area contributed by atoms with E-state index < -0.39 is 5.91 Å². The smallest absolute Gasteiger partial charge is 0.250 e. The third-order valence-corrected chi connectivity index (χ3v) is 2.49. The molecule has 1 aromatic carbocycles. The number of nitrogen functional groups attached to an aromatic ring is 1. The highest BCUT2D eigenvalue weighted by molar-refractivity contribution is 5.99. The number of aliphatic hydroxyl groups is 1. The van der Waals surface area contributed by atoms with Gasteiger partial charge in [-0.2, -0.15) is 0 Å². The van der Waals surface area contributed by atoms with E-state index in [2.05, 4.69) is 5.32 Å². The number of anilines is 2. The van der Waals surface area contributed by atoms with Crippen molar-refractivity contribution >= 4 is 17.3 Å². The predicted octanol–water partition coefficient (Wildman–Crippen LogP) is 0.798. The van der Waals surface area contributed by atoms with Gasteiger partial charge in [-0.3, -0.25) is 4.79 Å². The first kappa shape index (κ1) is 13.3. The molecule has 0 aliphatic heterocycles. The van der Waals surface area contributed by atoms with Crippen LogP contribution in [0.1, 0.15) is 24.2 Å². The Morgan fingerprint density at radius 3 is 2.65 bits per heavy atom. The number of hydrogen-bond donors (Lipinski definition) is 4. The van der Waals surface area contributed by atoms with Crippen LogP contribution in [0.25, 0.3) is 0 Å². The zero-order valence-corrected chi connectivity index (χ0v) is 10.2. The number of nitrogens with two attached hydrogens (primary N) is 2. The van der Waals surface area contributed by atoms with Crippen LogP contribution in [0.5, 0.6) is 0 Å². The molecule has 0 saturated carbocycles. The second kappa shape index (κ2) is 5.05. The maximum absolute atomic E-state index is 11.2. The number of benzene rings is 1. The lowest BCUT2D eigenvalue weighted by Crippen LogP contribution is -2.27. The van der Waals surface area contributed by atoms with E-state index in [1.165, 1.54) is 0 Å². The molecule has 1 aromatic rings. The number of rotatable bonds is 5. The zero-order chi connectivity index (χ0) is 13.1. The first-order chi connectivity index (χ1) is 7.85. The van der Waals surface area contributed by atoms with Crippen LogP contribution in [-0.2, 0) is 0 Å². The molecular formula is C12H19N3O2. The van der Waals surface area contributed by atoms with Gasteiger partial charge in [-0.1, -0.05) is 13.8 Å². The van der Waals surface area contributed by atoms with Gasteiger partial charge in [0.2, 0.25) is 0 Å². The Labute approximate surface area is 101 Å². The van der Waals surface area contributed by atoms with Gasteiger partial charge in [0, 0.05) is 29.9 Å². The molecule has 0 aliphatic carbocycles. The molecule has 0 fully saturated rings. The fraction of sp³-hybridized carbons (Fsp3) is 0.417. The number of aliphatic hydroxyl groups excluding tert-OH is 1. The van der Waals surface area contributed by atoms with Crippen LogP contribution in [0.2, 0.25) is 0 Å². The van der Waals surface area contributed by atoms with Crippen molar-refractivity contribution in [3.8, 4) is 0 Å². The lowest BCUT2D eigenvalue weighted by molar-refractivity contribution is 0.100. The van der Waals surface area contributed by atoms with Crippen molar-refractivity contribution in [2.75, 3.05) is 24.2 Å². The molecule has 0 radical (unpaired) electrons. The Morgan fingerprint density at radius 2 is 2.12 bits per heavy atom. The highest BCUT2D eigenvalue weighted by Crippen LogP contribution is 2.21.